The molecule has 1 aliphatic heterocycles. The summed E-state index contributed by atoms with van der Waals surface area (Å²) in [5.41, 5.74) is 1.68. The molecule has 0 radical (unpaired) electrons. The number of aryl methyl sites for hydroxylation is 1. The number of aromatic nitrogens is 1. The quantitative estimate of drug-likeness (QED) is 0.545. The average molecular weight is 406 g/mol. The van der Waals surface area contributed by atoms with Gasteiger partial charge >= 0.3 is 0 Å². The monoisotopic (exact) mass is 406 g/mol. The Morgan fingerprint density at radius 3 is 2.86 bits per heavy atom. The first-order valence-corrected chi connectivity index (χ1v) is 10.1. The average Bonchev–Trinajstić information content (AvgIpc) is 3.19. The van der Waals surface area contributed by atoms with E-state index in [1.807, 2.05) is 49.4 Å². The highest BCUT2D eigenvalue weighted by molar-refractivity contribution is 7.21. The van der Waals surface area contributed by atoms with Crippen molar-refractivity contribution in [2.24, 2.45) is 0 Å². The molecule has 3 heterocycles. The van der Waals surface area contributed by atoms with Crippen molar-refractivity contribution in [1.82, 2.24) is 10.3 Å². The zero-order valence-electron chi connectivity index (χ0n) is 15.7. The molecule has 0 bridgehead atoms. The van der Waals surface area contributed by atoms with Crippen molar-refractivity contribution in [2.75, 3.05) is 13.2 Å². The summed E-state index contributed by atoms with van der Waals surface area (Å²) in [6, 6.07) is 15.0. The van der Waals surface area contributed by atoms with Gasteiger partial charge in [-0.2, -0.15) is 0 Å². The first kappa shape index (κ1) is 17.8. The first-order chi connectivity index (χ1) is 14.1. The van der Waals surface area contributed by atoms with Crippen LogP contribution >= 0.6 is 11.3 Å². The second kappa shape index (κ2) is 6.93. The number of aromatic amines is 1. The molecule has 6 nitrogen and oxygen atoms in total. The van der Waals surface area contributed by atoms with Crippen molar-refractivity contribution >= 4 is 38.2 Å². The van der Waals surface area contributed by atoms with Gasteiger partial charge in [0, 0.05) is 15.6 Å². The van der Waals surface area contributed by atoms with Crippen molar-refractivity contribution in [2.45, 2.75) is 13.0 Å². The molecule has 0 spiro atoms. The Labute approximate surface area is 170 Å². The van der Waals surface area contributed by atoms with Crippen LogP contribution in [0.3, 0.4) is 0 Å². The lowest BCUT2D eigenvalue weighted by Crippen LogP contribution is -2.40. The number of ether oxygens (including phenoxy) is 2. The molecular formula is C22H18N2O4S. The Hall–Kier alpha value is -3.32. The molecule has 5 rings (SSSR count). The maximum atomic E-state index is 12.7. The van der Waals surface area contributed by atoms with E-state index in [0.717, 1.165) is 21.2 Å². The SMILES string of the molecule is Cc1ccc2[nH]c(=O)c3cc(C(=O)NCC4COc5ccccc5O4)sc3c2c1. The number of fused-ring (bicyclic) bond motifs is 4. The summed E-state index contributed by atoms with van der Waals surface area (Å²) < 4.78 is 12.4. The zero-order valence-corrected chi connectivity index (χ0v) is 16.5. The van der Waals surface area contributed by atoms with E-state index in [1.165, 1.54) is 11.3 Å². The Bertz CT molecular complexity index is 1310. The highest BCUT2D eigenvalue weighted by Crippen LogP contribution is 2.31. The molecule has 0 aliphatic carbocycles. The minimum atomic E-state index is -0.268. The van der Waals surface area contributed by atoms with E-state index in [2.05, 4.69) is 10.3 Å². The summed E-state index contributed by atoms with van der Waals surface area (Å²) >= 11 is 1.33. The lowest BCUT2D eigenvalue weighted by Gasteiger charge is -2.26. The second-order valence-corrected chi connectivity index (χ2v) is 8.12. The minimum absolute atomic E-state index is 0.188. The smallest absolute Gasteiger partial charge is 0.261 e. The molecule has 0 saturated heterocycles. The van der Waals surface area contributed by atoms with Gasteiger partial charge in [0.2, 0.25) is 0 Å². The van der Waals surface area contributed by atoms with Gasteiger partial charge in [-0.3, -0.25) is 9.59 Å². The molecule has 1 amide bonds. The van der Waals surface area contributed by atoms with Gasteiger partial charge in [0.05, 0.1) is 16.8 Å². The number of carbonyl (C=O) groups is 1. The molecule has 4 aromatic rings. The standard InChI is InChI=1S/C22H18N2O4S/c1-12-6-7-16-14(8-12)20-15(21(25)24-16)9-19(29-20)22(26)23-10-13-11-27-17-4-2-3-5-18(17)28-13/h2-9,13H,10-11H2,1H3,(H,23,26)(H,24,25). The second-order valence-electron chi connectivity index (χ2n) is 7.06. The summed E-state index contributed by atoms with van der Waals surface area (Å²) in [4.78, 5) is 28.5. The molecule has 29 heavy (non-hydrogen) atoms. The van der Waals surface area contributed by atoms with E-state index < -0.39 is 0 Å². The topological polar surface area (TPSA) is 80.4 Å². The highest BCUT2D eigenvalue weighted by atomic mass is 32.1. The number of H-pyrrole nitrogens is 1. The van der Waals surface area contributed by atoms with Gasteiger partial charge in [0.1, 0.15) is 12.7 Å². The van der Waals surface area contributed by atoms with Crippen molar-refractivity contribution in [1.29, 1.82) is 0 Å². The van der Waals surface area contributed by atoms with E-state index in [9.17, 15) is 9.59 Å². The van der Waals surface area contributed by atoms with Gasteiger partial charge in [-0.05, 0) is 37.3 Å². The summed E-state index contributed by atoms with van der Waals surface area (Å²) in [5.74, 6) is 1.16. The summed E-state index contributed by atoms with van der Waals surface area (Å²) in [6.07, 6.45) is -0.268. The first-order valence-electron chi connectivity index (χ1n) is 9.31. The number of nitrogens with one attached hydrogen (secondary N) is 2. The number of benzene rings is 2. The number of pyridine rings is 1. The number of hydrogen-bond donors (Lipinski definition) is 2. The van der Waals surface area contributed by atoms with Crippen LogP contribution in [0.25, 0.3) is 21.0 Å². The molecule has 7 heteroatoms. The normalized spacial score (nSPS) is 15.6. The van der Waals surface area contributed by atoms with E-state index in [-0.39, 0.29) is 17.6 Å². The van der Waals surface area contributed by atoms with Crippen LogP contribution < -0.4 is 20.3 Å². The Kier molecular flexibility index (Phi) is 4.24. The summed E-state index contributed by atoms with van der Waals surface area (Å²) in [5, 5.41) is 4.37. The molecule has 2 N–H and O–H groups in total. The number of thiophene rings is 1. The number of hydrogen-bond acceptors (Lipinski definition) is 5. The van der Waals surface area contributed by atoms with Crippen LogP contribution in [0.4, 0.5) is 0 Å². The lowest BCUT2D eigenvalue weighted by molar-refractivity contribution is 0.0791. The summed E-state index contributed by atoms with van der Waals surface area (Å²) in [6.45, 7) is 2.69. The largest absolute Gasteiger partial charge is 0.486 e. The van der Waals surface area contributed by atoms with Gasteiger partial charge < -0.3 is 19.8 Å². The van der Waals surface area contributed by atoms with Crippen LogP contribution in [0.1, 0.15) is 15.2 Å². The fraction of sp³-hybridized carbons (Fsp3) is 0.182. The van der Waals surface area contributed by atoms with E-state index in [1.54, 1.807) is 6.07 Å². The maximum Gasteiger partial charge on any atom is 0.261 e. The van der Waals surface area contributed by atoms with Gasteiger partial charge in [-0.15, -0.1) is 11.3 Å². The molecule has 1 aliphatic rings. The number of amides is 1. The van der Waals surface area contributed by atoms with Gasteiger partial charge in [0.25, 0.3) is 11.5 Å². The van der Waals surface area contributed by atoms with Crippen LogP contribution in [0.2, 0.25) is 0 Å². The zero-order chi connectivity index (χ0) is 20.0. The number of para-hydroxylation sites is 2. The van der Waals surface area contributed by atoms with Crippen molar-refractivity contribution in [3.8, 4) is 11.5 Å². The van der Waals surface area contributed by atoms with E-state index in [4.69, 9.17) is 9.47 Å². The molecule has 0 saturated carbocycles. The Morgan fingerprint density at radius 1 is 1.17 bits per heavy atom. The molecular weight excluding hydrogens is 388 g/mol. The molecule has 2 aromatic heterocycles. The van der Waals surface area contributed by atoms with Crippen LogP contribution in [0.15, 0.2) is 53.3 Å². The molecule has 2 aromatic carbocycles. The van der Waals surface area contributed by atoms with E-state index >= 15 is 0 Å². The molecule has 0 fully saturated rings. The number of carbonyl (C=O) groups excluding carboxylic acids is 1. The molecule has 1 atom stereocenters. The maximum absolute atomic E-state index is 12.7. The molecule has 1 unspecified atom stereocenters. The van der Waals surface area contributed by atoms with Crippen LogP contribution in [0.5, 0.6) is 11.5 Å². The third-order valence-corrected chi connectivity index (χ3v) is 6.09. The van der Waals surface area contributed by atoms with Gasteiger partial charge in [-0.1, -0.05) is 23.8 Å². The Morgan fingerprint density at radius 2 is 2.00 bits per heavy atom. The summed E-state index contributed by atoms with van der Waals surface area (Å²) in [7, 11) is 0. The van der Waals surface area contributed by atoms with Gasteiger partial charge in [-0.25, -0.2) is 0 Å². The lowest BCUT2D eigenvalue weighted by atomic mass is 10.1. The van der Waals surface area contributed by atoms with Crippen LogP contribution in [-0.2, 0) is 0 Å². The predicted molar refractivity (Wildman–Crippen MR) is 113 cm³/mol. The van der Waals surface area contributed by atoms with Crippen molar-refractivity contribution < 1.29 is 14.3 Å². The third-order valence-electron chi connectivity index (χ3n) is 4.93. The molecule has 146 valence electrons. The van der Waals surface area contributed by atoms with Crippen LogP contribution in [-0.4, -0.2) is 30.1 Å². The number of rotatable bonds is 3. The van der Waals surface area contributed by atoms with Crippen molar-refractivity contribution in [3.05, 3.63) is 69.3 Å². The fourth-order valence-electron chi connectivity index (χ4n) is 3.47. The van der Waals surface area contributed by atoms with Crippen molar-refractivity contribution in [3.63, 3.8) is 0 Å². The van der Waals surface area contributed by atoms with Crippen LogP contribution in [0, 0.1) is 6.92 Å². The third kappa shape index (κ3) is 3.23. The Balaban J connectivity index is 1.38. The van der Waals surface area contributed by atoms with E-state index in [0.29, 0.717) is 34.9 Å². The minimum Gasteiger partial charge on any atom is -0.486 e. The highest BCUT2D eigenvalue weighted by Gasteiger charge is 2.22. The predicted octanol–water partition coefficient (Wildman–Crippen LogP) is 3.62. The fourth-order valence-corrected chi connectivity index (χ4v) is 4.58. The van der Waals surface area contributed by atoms with Gasteiger partial charge in [0.15, 0.2) is 11.5 Å².